The van der Waals surface area contributed by atoms with Crippen molar-refractivity contribution in [2.24, 2.45) is 5.73 Å². The van der Waals surface area contributed by atoms with Gasteiger partial charge in [-0.1, -0.05) is 12.2 Å². The SMILES string of the molecule is CC(C)N(CCC(N)=S)c1ccc(Br)cn1. The minimum Gasteiger partial charge on any atom is -0.393 e. The van der Waals surface area contributed by atoms with Crippen LogP contribution in [0.15, 0.2) is 22.8 Å². The maximum Gasteiger partial charge on any atom is 0.128 e. The van der Waals surface area contributed by atoms with Gasteiger partial charge in [-0.3, -0.25) is 0 Å². The van der Waals surface area contributed by atoms with Gasteiger partial charge < -0.3 is 10.6 Å². The zero-order valence-corrected chi connectivity index (χ0v) is 11.9. The number of hydrogen-bond acceptors (Lipinski definition) is 3. The average Bonchev–Trinajstić information content (AvgIpc) is 2.20. The molecule has 0 aliphatic heterocycles. The average molecular weight is 302 g/mol. The van der Waals surface area contributed by atoms with Gasteiger partial charge in [-0.15, -0.1) is 0 Å². The fourth-order valence-electron chi connectivity index (χ4n) is 1.41. The molecule has 16 heavy (non-hydrogen) atoms. The number of hydrogen-bond donors (Lipinski definition) is 1. The smallest absolute Gasteiger partial charge is 0.128 e. The number of thiocarbonyl (C=S) groups is 1. The lowest BCUT2D eigenvalue weighted by molar-refractivity contribution is 0.681. The van der Waals surface area contributed by atoms with Crippen molar-refractivity contribution in [1.29, 1.82) is 0 Å². The molecule has 2 N–H and O–H groups in total. The van der Waals surface area contributed by atoms with Gasteiger partial charge in [0.05, 0.1) is 4.99 Å². The molecule has 0 saturated heterocycles. The molecule has 0 unspecified atom stereocenters. The summed E-state index contributed by atoms with van der Waals surface area (Å²) >= 11 is 8.27. The molecular formula is C11H16BrN3S. The lowest BCUT2D eigenvalue weighted by Gasteiger charge is -2.27. The Labute approximate surface area is 110 Å². The highest BCUT2D eigenvalue weighted by atomic mass is 79.9. The molecule has 0 spiro atoms. The number of pyridine rings is 1. The van der Waals surface area contributed by atoms with Crippen molar-refractivity contribution in [1.82, 2.24) is 4.98 Å². The van der Waals surface area contributed by atoms with Gasteiger partial charge >= 0.3 is 0 Å². The Balaban J connectivity index is 2.77. The van der Waals surface area contributed by atoms with E-state index in [1.165, 1.54) is 0 Å². The molecular weight excluding hydrogens is 286 g/mol. The molecule has 0 atom stereocenters. The molecule has 3 nitrogen and oxygen atoms in total. The van der Waals surface area contributed by atoms with E-state index in [1.54, 1.807) is 6.20 Å². The molecule has 0 aliphatic rings. The highest BCUT2D eigenvalue weighted by Gasteiger charge is 2.11. The predicted octanol–water partition coefficient (Wildman–Crippen LogP) is 2.74. The van der Waals surface area contributed by atoms with Gasteiger partial charge in [0.1, 0.15) is 5.82 Å². The number of nitrogens with zero attached hydrogens (tertiary/aromatic N) is 2. The van der Waals surface area contributed by atoms with Crippen LogP contribution < -0.4 is 10.6 Å². The summed E-state index contributed by atoms with van der Waals surface area (Å²) in [6.07, 6.45) is 2.51. The Kier molecular flexibility index (Phi) is 5.15. The van der Waals surface area contributed by atoms with Crippen molar-refractivity contribution >= 4 is 39.0 Å². The Bertz CT molecular complexity index is 351. The topological polar surface area (TPSA) is 42.1 Å². The minimum atomic E-state index is 0.378. The third-order valence-corrected chi connectivity index (χ3v) is 2.90. The zero-order chi connectivity index (χ0) is 12.1. The lowest BCUT2D eigenvalue weighted by Crippen LogP contribution is -2.34. The first-order valence-corrected chi connectivity index (χ1v) is 6.37. The van der Waals surface area contributed by atoms with Crippen molar-refractivity contribution in [2.45, 2.75) is 26.3 Å². The lowest BCUT2D eigenvalue weighted by atomic mass is 10.2. The van der Waals surface area contributed by atoms with E-state index >= 15 is 0 Å². The normalized spacial score (nSPS) is 10.5. The second kappa shape index (κ2) is 6.15. The van der Waals surface area contributed by atoms with Gasteiger partial charge in [0.2, 0.25) is 0 Å². The van der Waals surface area contributed by atoms with Crippen LogP contribution in [-0.4, -0.2) is 22.6 Å². The Morgan fingerprint density at radius 3 is 2.69 bits per heavy atom. The third kappa shape index (κ3) is 4.06. The third-order valence-electron chi connectivity index (χ3n) is 2.23. The highest BCUT2D eigenvalue weighted by Crippen LogP contribution is 2.17. The van der Waals surface area contributed by atoms with Gasteiger partial charge in [-0.05, 0) is 41.9 Å². The summed E-state index contributed by atoms with van der Waals surface area (Å²) in [5.41, 5.74) is 5.52. The molecule has 0 aliphatic carbocycles. The molecule has 0 saturated carbocycles. The fraction of sp³-hybridized carbons (Fsp3) is 0.455. The summed E-state index contributed by atoms with van der Waals surface area (Å²) in [6.45, 7) is 5.06. The predicted molar refractivity (Wildman–Crippen MR) is 75.8 cm³/mol. The maximum atomic E-state index is 5.52. The molecule has 0 fully saturated rings. The first kappa shape index (κ1) is 13.4. The largest absolute Gasteiger partial charge is 0.393 e. The van der Waals surface area contributed by atoms with E-state index in [0.717, 1.165) is 16.8 Å². The first-order chi connectivity index (χ1) is 7.50. The van der Waals surface area contributed by atoms with Crippen molar-refractivity contribution < 1.29 is 0 Å². The molecule has 5 heteroatoms. The summed E-state index contributed by atoms with van der Waals surface area (Å²) in [7, 11) is 0. The van der Waals surface area contributed by atoms with Crippen LogP contribution in [0.25, 0.3) is 0 Å². The number of aromatic nitrogens is 1. The monoisotopic (exact) mass is 301 g/mol. The molecule has 1 aromatic rings. The molecule has 1 heterocycles. The number of anilines is 1. The van der Waals surface area contributed by atoms with Crippen LogP contribution in [0.2, 0.25) is 0 Å². The summed E-state index contributed by atoms with van der Waals surface area (Å²) < 4.78 is 0.981. The zero-order valence-electron chi connectivity index (χ0n) is 9.48. The van der Waals surface area contributed by atoms with Crippen LogP contribution in [0.4, 0.5) is 5.82 Å². The quantitative estimate of drug-likeness (QED) is 0.849. The van der Waals surface area contributed by atoms with E-state index in [9.17, 15) is 0 Å². The second-order valence-corrected chi connectivity index (χ2v) is 5.28. The van der Waals surface area contributed by atoms with Crippen LogP contribution in [0.5, 0.6) is 0 Å². The number of halogens is 1. The second-order valence-electron chi connectivity index (χ2n) is 3.84. The van der Waals surface area contributed by atoms with E-state index in [2.05, 4.69) is 39.7 Å². The van der Waals surface area contributed by atoms with Crippen molar-refractivity contribution in [3.05, 3.63) is 22.8 Å². The summed E-state index contributed by atoms with van der Waals surface area (Å²) in [5.74, 6) is 0.953. The van der Waals surface area contributed by atoms with Gasteiger partial charge in [-0.2, -0.15) is 0 Å². The van der Waals surface area contributed by atoms with Crippen LogP contribution >= 0.6 is 28.1 Å². The van der Waals surface area contributed by atoms with Crippen molar-refractivity contribution in [3.63, 3.8) is 0 Å². The van der Waals surface area contributed by atoms with E-state index in [4.69, 9.17) is 18.0 Å². The van der Waals surface area contributed by atoms with Gasteiger partial charge in [-0.25, -0.2) is 4.98 Å². The van der Waals surface area contributed by atoms with Crippen LogP contribution in [0.3, 0.4) is 0 Å². The molecule has 0 aromatic carbocycles. The maximum absolute atomic E-state index is 5.52. The molecule has 0 bridgehead atoms. The molecule has 1 rings (SSSR count). The molecule has 0 radical (unpaired) electrons. The van der Waals surface area contributed by atoms with Crippen LogP contribution in [0, 0.1) is 0 Å². The Hall–Kier alpha value is -0.680. The van der Waals surface area contributed by atoms with E-state index in [1.807, 2.05) is 12.1 Å². The Morgan fingerprint density at radius 2 is 2.25 bits per heavy atom. The van der Waals surface area contributed by atoms with Gasteiger partial charge in [0.15, 0.2) is 0 Å². The number of rotatable bonds is 5. The number of nitrogens with two attached hydrogens (primary N) is 1. The molecule has 0 amide bonds. The van der Waals surface area contributed by atoms with Crippen LogP contribution in [0.1, 0.15) is 20.3 Å². The molecule has 1 aromatic heterocycles. The Morgan fingerprint density at radius 1 is 1.56 bits per heavy atom. The first-order valence-electron chi connectivity index (χ1n) is 5.17. The highest BCUT2D eigenvalue weighted by molar-refractivity contribution is 9.10. The van der Waals surface area contributed by atoms with Crippen molar-refractivity contribution in [2.75, 3.05) is 11.4 Å². The summed E-state index contributed by atoms with van der Waals surface area (Å²) in [5, 5.41) is 0. The van der Waals surface area contributed by atoms with E-state index in [0.29, 0.717) is 17.5 Å². The van der Waals surface area contributed by atoms with Crippen LogP contribution in [-0.2, 0) is 0 Å². The fourth-order valence-corrected chi connectivity index (χ4v) is 1.73. The van der Waals surface area contributed by atoms with Gasteiger partial charge in [0, 0.05) is 29.7 Å². The summed E-state index contributed by atoms with van der Waals surface area (Å²) in [6, 6.07) is 4.35. The molecule has 88 valence electrons. The van der Waals surface area contributed by atoms with E-state index < -0.39 is 0 Å². The van der Waals surface area contributed by atoms with Gasteiger partial charge in [0.25, 0.3) is 0 Å². The van der Waals surface area contributed by atoms with Crippen molar-refractivity contribution in [3.8, 4) is 0 Å². The minimum absolute atomic E-state index is 0.378. The standard InChI is InChI=1S/C11H16BrN3S/c1-8(2)15(6-5-10(13)16)11-4-3-9(12)7-14-11/h3-4,7-8H,5-6H2,1-2H3,(H2,13,16). The summed E-state index contributed by atoms with van der Waals surface area (Å²) in [4.78, 5) is 7.10. The van der Waals surface area contributed by atoms with E-state index in [-0.39, 0.29) is 0 Å².